The van der Waals surface area contributed by atoms with Crippen molar-refractivity contribution in [2.24, 2.45) is 0 Å². The van der Waals surface area contributed by atoms with Gasteiger partial charge in [0.1, 0.15) is 5.70 Å². The van der Waals surface area contributed by atoms with Crippen molar-refractivity contribution < 1.29 is 19.1 Å². The number of ether oxygens (including phenoxy) is 1. The molecule has 0 saturated heterocycles. The summed E-state index contributed by atoms with van der Waals surface area (Å²) in [5, 5.41) is 2.89. The number of methoxy groups -OCH3 is 1. The Bertz CT molecular complexity index is 605. The first-order valence-corrected chi connectivity index (χ1v) is 6.47. The molecule has 0 aromatic heterocycles. The lowest BCUT2D eigenvalue weighted by Gasteiger charge is -2.14. The van der Waals surface area contributed by atoms with E-state index in [1.165, 1.54) is 20.1 Å². The number of carbonyl (C=O) groups excluding carboxylic acids is 3. The Hall–Kier alpha value is -2.47. The van der Waals surface area contributed by atoms with E-state index in [4.69, 9.17) is 4.74 Å². The maximum atomic E-state index is 12.1. The van der Waals surface area contributed by atoms with Crippen LogP contribution in [0, 0.1) is 0 Å². The van der Waals surface area contributed by atoms with Gasteiger partial charge in [0.15, 0.2) is 5.78 Å². The summed E-state index contributed by atoms with van der Waals surface area (Å²) in [7, 11) is 1.51. The van der Waals surface area contributed by atoms with E-state index in [9.17, 15) is 14.4 Å². The van der Waals surface area contributed by atoms with E-state index < -0.39 is 0 Å². The number of rotatable bonds is 6. The quantitative estimate of drug-likeness (QED) is 0.629. The maximum absolute atomic E-state index is 12.1. The SMILES string of the molecule is COCCN1C(=O)C=C(Nc2ccc(C(C)=O)cc2)C1=O. The smallest absolute Gasteiger partial charge is 0.277 e. The molecule has 0 atom stereocenters. The van der Waals surface area contributed by atoms with Crippen LogP contribution in [0.25, 0.3) is 0 Å². The largest absolute Gasteiger partial charge is 0.383 e. The minimum Gasteiger partial charge on any atom is -0.383 e. The second-order valence-corrected chi connectivity index (χ2v) is 4.60. The molecule has 6 heteroatoms. The molecule has 21 heavy (non-hydrogen) atoms. The molecule has 1 aromatic carbocycles. The minimum absolute atomic E-state index is 0.0290. The molecule has 1 N–H and O–H groups in total. The zero-order chi connectivity index (χ0) is 15.4. The first-order chi connectivity index (χ1) is 10.0. The van der Waals surface area contributed by atoms with Crippen LogP contribution in [0.1, 0.15) is 17.3 Å². The number of Topliss-reactive ketones (excluding diaryl/α,β-unsaturated/α-hetero) is 1. The molecule has 1 aliphatic rings. The van der Waals surface area contributed by atoms with Gasteiger partial charge in [-0.15, -0.1) is 0 Å². The van der Waals surface area contributed by atoms with Crippen molar-refractivity contribution >= 4 is 23.3 Å². The molecule has 2 amide bonds. The topological polar surface area (TPSA) is 75.7 Å². The first-order valence-electron chi connectivity index (χ1n) is 6.47. The van der Waals surface area contributed by atoms with Gasteiger partial charge in [-0.05, 0) is 31.2 Å². The molecule has 0 unspecified atom stereocenters. The Morgan fingerprint density at radius 1 is 1.24 bits per heavy atom. The van der Waals surface area contributed by atoms with Gasteiger partial charge in [0, 0.05) is 24.4 Å². The van der Waals surface area contributed by atoms with Crippen LogP contribution in [0.2, 0.25) is 0 Å². The van der Waals surface area contributed by atoms with Crippen LogP contribution in [0.5, 0.6) is 0 Å². The van der Waals surface area contributed by atoms with Gasteiger partial charge in [-0.2, -0.15) is 0 Å². The number of anilines is 1. The zero-order valence-electron chi connectivity index (χ0n) is 11.9. The highest BCUT2D eigenvalue weighted by Crippen LogP contribution is 2.17. The van der Waals surface area contributed by atoms with Crippen molar-refractivity contribution in [1.29, 1.82) is 0 Å². The molecule has 1 heterocycles. The summed E-state index contributed by atoms with van der Waals surface area (Å²) < 4.78 is 4.87. The number of ketones is 1. The van der Waals surface area contributed by atoms with Crippen LogP contribution in [0.3, 0.4) is 0 Å². The Morgan fingerprint density at radius 2 is 1.90 bits per heavy atom. The molecule has 0 fully saturated rings. The van der Waals surface area contributed by atoms with Gasteiger partial charge < -0.3 is 10.1 Å². The predicted molar refractivity (Wildman–Crippen MR) is 76.7 cm³/mol. The van der Waals surface area contributed by atoms with E-state index in [0.717, 1.165) is 4.90 Å². The number of amides is 2. The zero-order valence-corrected chi connectivity index (χ0v) is 11.9. The lowest BCUT2D eigenvalue weighted by atomic mass is 10.1. The van der Waals surface area contributed by atoms with Gasteiger partial charge in [0.2, 0.25) is 0 Å². The molecule has 1 aliphatic heterocycles. The van der Waals surface area contributed by atoms with Gasteiger partial charge in [-0.1, -0.05) is 0 Å². The van der Waals surface area contributed by atoms with Crippen molar-refractivity contribution in [1.82, 2.24) is 4.90 Å². The summed E-state index contributed by atoms with van der Waals surface area (Å²) in [6.07, 6.45) is 1.26. The Kier molecular flexibility index (Phi) is 4.49. The van der Waals surface area contributed by atoms with Crippen molar-refractivity contribution in [3.8, 4) is 0 Å². The molecule has 0 bridgehead atoms. The van der Waals surface area contributed by atoms with E-state index in [1.807, 2.05) is 0 Å². The average molecular weight is 288 g/mol. The molecule has 2 rings (SSSR count). The lowest BCUT2D eigenvalue weighted by molar-refractivity contribution is -0.137. The molecule has 1 aromatic rings. The highest BCUT2D eigenvalue weighted by Gasteiger charge is 2.30. The van der Waals surface area contributed by atoms with Crippen LogP contribution in [-0.2, 0) is 14.3 Å². The van der Waals surface area contributed by atoms with Crippen molar-refractivity contribution in [2.45, 2.75) is 6.92 Å². The minimum atomic E-state index is -0.382. The van der Waals surface area contributed by atoms with Crippen LogP contribution in [0.4, 0.5) is 5.69 Å². The lowest BCUT2D eigenvalue weighted by Crippen LogP contribution is -2.34. The number of imide groups is 1. The monoisotopic (exact) mass is 288 g/mol. The molecular weight excluding hydrogens is 272 g/mol. The van der Waals surface area contributed by atoms with Crippen LogP contribution < -0.4 is 5.32 Å². The highest BCUT2D eigenvalue weighted by molar-refractivity contribution is 6.17. The van der Waals surface area contributed by atoms with Gasteiger partial charge in [0.25, 0.3) is 11.8 Å². The summed E-state index contributed by atoms with van der Waals surface area (Å²) in [6, 6.07) is 6.70. The maximum Gasteiger partial charge on any atom is 0.277 e. The van der Waals surface area contributed by atoms with E-state index >= 15 is 0 Å². The summed E-state index contributed by atoms with van der Waals surface area (Å²) >= 11 is 0. The fourth-order valence-corrected chi connectivity index (χ4v) is 1.94. The van der Waals surface area contributed by atoms with Gasteiger partial charge in [-0.25, -0.2) is 0 Å². The second-order valence-electron chi connectivity index (χ2n) is 4.60. The third kappa shape index (κ3) is 3.35. The van der Waals surface area contributed by atoms with Gasteiger partial charge in [0.05, 0.1) is 13.2 Å². The Morgan fingerprint density at radius 3 is 2.48 bits per heavy atom. The molecule has 6 nitrogen and oxygen atoms in total. The molecule has 0 spiro atoms. The summed E-state index contributed by atoms with van der Waals surface area (Å²) in [6.45, 7) is 2.00. The molecule has 0 saturated carbocycles. The molecule has 0 aliphatic carbocycles. The van der Waals surface area contributed by atoms with Crippen molar-refractivity contribution in [3.05, 3.63) is 41.6 Å². The standard InChI is InChI=1S/C15H16N2O4/c1-10(18)11-3-5-12(6-4-11)16-13-9-14(19)17(15(13)20)7-8-21-2/h3-6,9,16H,7-8H2,1-2H3. The number of nitrogens with one attached hydrogen (secondary N) is 1. The number of carbonyl (C=O) groups is 3. The molecular formula is C15H16N2O4. The van der Waals surface area contributed by atoms with E-state index in [2.05, 4.69) is 5.32 Å². The molecule has 110 valence electrons. The van der Waals surface area contributed by atoms with Gasteiger partial charge >= 0.3 is 0 Å². The fraction of sp³-hybridized carbons (Fsp3) is 0.267. The predicted octanol–water partition coefficient (Wildman–Crippen LogP) is 1.20. The summed E-state index contributed by atoms with van der Waals surface area (Å²) in [4.78, 5) is 36.1. The third-order valence-electron chi connectivity index (χ3n) is 3.10. The van der Waals surface area contributed by atoms with Crippen molar-refractivity contribution in [2.75, 3.05) is 25.6 Å². The molecule has 0 radical (unpaired) electrons. The number of hydrogen-bond donors (Lipinski definition) is 1. The van der Waals surface area contributed by atoms with E-state index in [-0.39, 0.29) is 29.8 Å². The summed E-state index contributed by atoms with van der Waals surface area (Å²) in [5.41, 5.74) is 1.44. The highest BCUT2D eigenvalue weighted by atomic mass is 16.5. The third-order valence-corrected chi connectivity index (χ3v) is 3.10. The van der Waals surface area contributed by atoms with Gasteiger partial charge in [-0.3, -0.25) is 19.3 Å². The normalized spacial score (nSPS) is 14.4. The Balaban J connectivity index is 2.06. The van der Waals surface area contributed by atoms with Crippen LogP contribution >= 0.6 is 0 Å². The van der Waals surface area contributed by atoms with E-state index in [1.54, 1.807) is 24.3 Å². The van der Waals surface area contributed by atoms with E-state index in [0.29, 0.717) is 17.9 Å². The first kappa shape index (κ1) is 14.9. The van der Waals surface area contributed by atoms with Crippen LogP contribution in [0.15, 0.2) is 36.0 Å². The van der Waals surface area contributed by atoms with Crippen molar-refractivity contribution in [3.63, 3.8) is 0 Å². The Labute approximate surface area is 122 Å². The second kappa shape index (κ2) is 6.32. The fourth-order valence-electron chi connectivity index (χ4n) is 1.94. The number of nitrogens with zero attached hydrogens (tertiary/aromatic N) is 1. The summed E-state index contributed by atoms with van der Waals surface area (Å²) in [5.74, 6) is -0.772. The number of benzene rings is 1. The average Bonchev–Trinajstić information content (AvgIpc) is 2.72. The number of hydrogen-bond acceptors (Lipinski definition) is 5. The van der Waals surface area contributed by atoms with Crippen LogP contribution in [-0.4, -0.2) is 42.8 Å².